The summed E-state index contributed by atoms with van der Waals surface area (Å²) in [6.45, 7) is 0.0207. The number of esters is 1. The van der Waals surface area contributed by atoms with Crippen LogP contribution in [0.1, 0.15) is 13.3 Å². The van der Waals surface area contributed by atoms with E-state index in [0.29, 0.717) is 0 Å². The fourth-order valence-corrected chi connectivity index (χ4v) is 0.385. The predicted molar refractivity (Wildman–Crippen MR) is 40.5 cm³/mol. The van der Waals surface area contributed by atoms with Gasteiger partial charge in [0.05, 0.1) is 0 Å². The molecule has 0 rings (SSSR count). The maximum atomic E-state index is 10.6. The molecule has 0 aliphatic rings. The third-order valence-electron chi connectivity index (χ3n) is 0.996. The number of hydrogen-bond donors (Lipinski definition) is 1. The fraction of sp³-hybridized carbons (Fsp3) is 0.571. The highest BCUT2D eigenvalue weighted by Gasteiger charge is 2.10. The van der Waals surface area contributed by atoms with E-state index in [9.17, 15) is 14.4 Å². The lowest BCUT2D eigenvalue weighted by Crippen LogP contribution is -2.19. The molecule has 0 radical (unpaired) electrons. The molecule has 7 heteroatoms. The lowest BCUT2D eigenvalue weighted by Gasteiger charge is -2.02. The standard InChI is InChI=1S/C7H10O7/c1-2-5(9)12-4-7(11)14-13-6(10)3-8/h8H,2-4H2,1H3. The second-order valence-corrected chi connectivity index (χ2v) is 2.08. The summed E-state index contributed by atoms with van der Waals surface area (Å²) in [5.41, 5.74) is 0. The molecular weight excluding hydrogens is 196 g/mol. The summed E-state index contributed by atoms with van der Waals surface area (Å²) < 4.78 is 4.35. The molecule has 1 N–H and O–H groups in total. The van der Waals surface area contributed by atoms with Gasteiger partial charge in [-0.25, -0.2) is 19.4 Å². The number of carbonyl (C=O) groups excluding carboxylic acids is 3. The van der Waals surface area contributed by atoms with Crippen molar-refractivity contribution in [2.24, 2.45) is 0 Å². The first-order chi connectivity index (χ1) is 6.60. The van der Waals surface area contributed by atoms with Gasteiger partial charge in [0, 0.05) is 6.42 Å². The molecule has 0 aromatic heterocycles. The van der Waals surface area contributed by atoms with Crippen LogP contribution in [0.3, 0.4) is 0 Å². The number of carbonyl (C=O) groups is 3. The third kappa shape index (κ3) is 5.95. The van der Waals surface area contributed by atoms with Crippen molar-refractivity contribution in [2.45, 2.75) is 13.3 Å². The second kappa shape index (κ2) is 6.84. The Labute approximate surface area is 79.5 Å². The normalized spacial score (nSPS) is 9.00. The van der Waals surface area contributed by atoms with Crippen LogP contribution >= 0.6 is 0 Å². The molecule has 0 bridgehead atoms. The van der Waals surface area contributed by atoms with Crippen molar-refractivity contribution in [3.8, 4) is 0 Å². The van der Waals surface area contributed by atoms with Gasteiger partial charge in [0.25, 0.3) is 0 Å². The Kier molecular flexibility index (Phi) is 6.04. The summed E-state index contributed by atoms with van der Waals surface area (Å²) in [7, 11) is 0. The van der Waals surface area contributed by atoms with E-state index in [2.05, 4.69) is 14.5 Å². The zero-order valence-electron chi connectivity index (χ0n) is 7.52. The van der Waals surface area contributed by atoms with Crippen molar-refractivity contribution < 1.29 is 34.0 Å². The van der Waals surface area contributed by atoms with E-state index in [0.717, 1.165) is 0 Å². The molecule has 0 saturated carbocycles. The van der Waals surface area contributed by atoms with Crippen LogP contribution in [0, 0.1) is 0 Å². The summed E-state index contributed by atoms with van der Waals surface area (Å²) in [6.07, 6.45) is 0.129. The average molecular weight is 206 g/mol. The topological polar surface area (TPSA) is 99.1 Å². The fourth-order valence-electron chi connectivity index (χ4n) is 0.385. The van der Waals surface area contributed by atoms with Crippen LogP contribution in [-0.4, -0.2) is 36.2 Å². The highest BCUT2D eigenvalue weighted by Crippen LogP contribution is 1.88. The lowest BCUT2D eigenvalue weighted by atomic mass is 10.5. The van der Waals surface area contributed by atoms with E-state index in [1.165, 1.54) is 0 Å². The molecule has 0 amide bonds. The van der Waals surface area contributed by atoms with Crippen LogP contribution in [0.15, 0.2) is 0 Å². The number of hydrogen-bond acceptors (Lipinski definition) is 7. The van der Waals surface area contributed by atoms with Crippen LogP contribution in [-0.2, 0) is 28.9 Å². The molecule has 0 atom stereocenters. The van der Waals surface area contributed by atoms with Gasteiger partial charge in [-0.15, -0.1) is 0 Å². The SMILES string of the molecule is CCC(=O)OCC(=O)OOC(=O)CO. The van der Waals surface area contributed by atoms with Crippen molar-refractivity contribution in [1.29, 1.82) is 0 Å². The minimum Gasteiger partial charge on any atom is -0.453 e. The smallest absolute Gasteiger partial charge is 0.392 e. The van der Waals surface area contributed by atoms with E-state index < -0.39 is 31.1 Å². The Morgan fingerprint density at radius 2 is 1.64 bits per heavy atom. The van der Waals surface area contributed by atoms with Crippen LogP contribution in [0.4, 0.5) is 0 Å². The van der Waals surface area contributed by atoms with Gasteiger partial charge in [0.15, 0.2) is 6.61 Å². The van der Waals surface area contributed by atoms with Gasteiger partial charge in [-0.3, -0.25) is 4.79 Å². The van der Waals surface area contributed by atoms with Crippen LogP contribution < -0.4 is 0 Å². The zero-order chi connectivity index (χ0) is 11.0. The van der Waals surface area contributed by atoms with Gasteiger partial charge in [-0.1, -0.05) is 6.92 Å². The van der Waals surface area contributed by atoms with Crippen LogP contribution in [0.2, 0.25) is 0 Å². The molecule has 7 nitrogen and oxygen atoms in total. The molecule has 0 unspecified atom stereocenters. The quantitative estimate of drug-likeness (QED) is 0.355. The van der Waals surface area contributed by atoms with E-state index in [1.807, 2.05) is 0 Å². The molecule has 0 spiro atoms. The minimum absolute atomic E-state index is 0.129. The molecule has 0 fully saturated rings. The predicted octanol–water partition coefficient (Wildman–Crippen LogP) is -1.07. The molecule has 0 aromatic rings. The summed E-state index contributed by atoms with van der Waals surface area (Å²) in [6, 6.07) is 0. The first kappa shape index (κ1) is 12.4. The first-order valence-corrected chi connectivity index (χ1v) is 3.76. The molecule has 0 aliphatic heterocycles. The summed E-state index contributed by atoms with van der Waals surface area (Å²) in [5.74, 6) is -2.72. The van der Waals surface area contributed by atoms with Crippen LogP contribution in [0.5, 0.6) is 0 Å². The lowest BCUT2D eigenvalue weighted by molar-refractivity contribution is -0.262. The Hall–Kier alpha value is -1.63. The zero-order valence-corrected chi connectivity index (χ0v) is 7.52. The monoisotopic (exact) mass is 206 g/mol. The van der Waals surface area contributed by atoms with E-state index in [4.69, 9.17) is 5.11 Å². The molecule has 0 aromatic carbocycles. The van der Waals surface area contributed by atoms with E-state index >= 15 is 0 Å². The largest absolute Gasteiger partial charge is 0.453 e. The van der Waals surface area contributed by atoms with E-state index in [1.54, 1.807) is 6.92 Å². The summed E-state index contributed by atoms with van der Waals surface area (Å²) >= 11 is 0. The minimum atomic E-state index is -1.11. The van der Waals surface area contributed by atoms with Crippen molar-refractivity contribution >= 4 is 17.9 Å². The Bertz CT molecular complexity index is 200. The van der Waals surface area contributed by atoms with Gasteiger partial charge in [0.1, 0.15) is 6.61 Å². The number of aliphatic hydroxyl groups is 1. The van der Waals surface area contributed by atoms with E-state index in [-0.39, 0.29) is 6.42 Å². The van der Waals surface area contributed by atoms with Gasteiger partial charge in [-0.05, 0) is 0 Å². The Morgan fingerprint density at radius 1 is 1.07 bits per heavy atom. The molecule has 0 saturated heterocycles. The van der Waals surface area contributed by atoms with Crippen molar-refractivity contribution in [3.63, 3.8) is 0 Å². The third-order valence-corrected chi connectivity index (χ3v) is 0.996. The average Bonchev–Trinajstić information content (AvgIpc) is 2.22. The van der Waals surface area contributed by atoms with Crippen molar-refractivity contribution in [2.75, 3.05) is 13.2 Å². The van der Waals surface area contributed by atoms with Gasteiger partial charge in [0.2, 0.25) is 0 Å². The summed E-state index contributed by atoms with van der Waals surface area (Å²) in [4.78, 5) is 39.1. The maximum absolute atomic E-state index is 10.6. The maximum Gasteiger partial charge on any atom is 0.392 e. The molecule has 14 heavy (non-hydrogen) atoms. The van der Waals surface area contributed by atoms with Gasteiger partial charge < -0.3 is 9.84 Å². The van der Waals surface area contributed by atoms with Gasteiger partial charge >= 0.3 is 17.9 Å². The van der Waals surface area contributed by atoms with Crippen molar-refractivity contribution in [3.05, 3.63) is 0 Å². The number of aliphatic hydroxyl groups excluding tert-OH is 1. The second-order valence-electron chi connectivity index (χ2n) is 2.08. The van der Waals surface area contributed by atoms with Gasteiger partial charge in [-0.2, -0.15) is 0 Å². The molecule has 0 heterocycles. The van der Waals surface area contributed by atoms with Crippen molar-refractivity contribution in [1.82, 2.24) is 0 Å². The summed E-state index contributed by atoms with van der Waals surface area (Å²) in [5, 5.41) is 8.15. The Morgan fingerprint density at radius 3 is 2.14 bits per heavy atom. The van der Waals surface area contributed by atoms with Crippen LogP contribution in [0.25, 0.3) is 0 Å². The molecule has 0 aliphatic carbocycles. The number of rotatable bonds is 4. The number of ether oxygens (including phenoxy) is 1. The highest BCUT2D eigenvalue weighted by molar-refractivity contribution is 5.77. The molecular formula is C7H10O7. The first-order valence-electron chi connectivity index (χ1n) is 3.76. The highest BCUT2D eigenvalue weighted by atomic mass is 17.2. The Balaban J connectivity index is 3.56. The molecule has 80 valence electrons.